The molecule has 0 spiro atoms. The molecule has 0 saturated heterocycles. The minimum atomic E-state index is -4.74. The molecule has 0 N–H and O–H groups in total. The Morgan fingerprint density at radius 2 is 1.74 bits per heavy atom. The molecule has 0 aliphatic carbocycles. The monoisotopic (exact) mass is 379 g/mol. The van der Waals surface area contributed by atoms with Crippen molar-refractivity contribution in [3.63, 3.8) is 0 Å². The molecule has 27 heavy (non-hydrogen) atoms. The molecule has 0 fully saturated rings. The van der Waals surface area contributed by atoms with Crippen LogP contribution >= 0.6 is 0 Å². The van der Waals surface area contributed by atoms with Crippen molar-refractivity contribution in [2.24, 2.45) is 0 Å². The van der Waals surface area contributed by atoms with E-state index < -0.39 is 12.2 Å². The molecule has 0 unspecified atom stereocenters. The Bertz CT molecular complexity index is 930. The predicted octanol–water partition coefficient (Wildman–Crippen LogP) is 5.56. The van der Waals surface area contributed by atoms with Crippen molar-refractivity contribution >= 4 is 0 Å². The quantitative estimate of drug-likeness (QED) is 0.542. The Labute approximate surface area is 153 Å². The number of benzene rings is 2. The topological polar surface area (TPSA) is 23.4 Å². The first-order valence-electron chi connectivity index (χ1n) is 8.11. The van der Waals surface area contributed by atoms with Crippen LogP contribution in [0.4, 0.5) is 17.6 Å². The van der Waals surface area contributed by atoms with Crippen LogP contribution in [0.3, 0.4) is 0 Å². The van der Waals surface area contributed by atoms with Gasteiger partial charge in [0.25, 0.3) is 0 Å². The van der Waals surface area contributed by atoms with E-state index in [1.807, 2.05) is 19.1 Å². The third kappa shape index (κ3) is 4.42. The van der Waals surface area contributed by atoms with Gasteiger partial charge in [0, 0.05) is 18.3 Å². The highest BCUT2D eigenvalue weighted by atomic mass is 19.4. The fourth-order valence-corrected chi connectivity index (χ4v) is 2.95. The maximum Gasteiger partial charge on any atom is 0.573 e. The molecule has 0 amide bonds. The van der Waals surface area contributed by atoms with Gasteiger partial charge in [0.15, 0.2) is 0 Å². The third-order valence-corrected chi connectivity index (χ3v) is 4.08. The summed E-state index contributed by atoms with van der Waals surface area (Å²) in [5.41, 5.74) is 3.01. The molecule has 3 nitrogen and oxygen atoms in total. The van der Waals surface area contributed by atoms with Crippen molar-refractivity contribution in [2.45, 2.75) is 19.8 Å². The van der Waals surface area contributed by atoms with E-state index >= 15 is 0 Å². The largest absolute Gasteiger partial charge is 0.573 e. The van der Waals surface area contributed by atoms with Crippen molar-refractivity contribution in [3.8, 4) is 22.8 Å². The van der Waals surface area contributed by atoms with E-state index in [2.05, 4.69) is 4.74 Å². The number of ether oxygens (including phenoxy) is 2. The first kappa shape index (κ1) is 18.8. The molecule has 1 aromatic heterocycles. The molecule has 0 radical (unpaired) electrons. The maximum atomic E-state index is 14.0. The van der Waals surface area contributed by atoms with Crippen LogP contribution in [-0.4, -0.2) is 18.0 Å². The molecular weight excluding hydrogens is 362 g/mol. The minimum Gasteiger partial charge on any atom is -0.496 e. The number of rotatable bonds is 5. The van der Waals surface area contributed by atoms with E-state index in [0.717, 1.165) is 11.1 Å². The van der Waals surface area contributed by atoms with E-state index in [9.17, 15) is 17.6 Å². The van der Waals surface area contributed by atoms with Gasteiger partial charge in [0.05, 0.1) is 12.8 Å². The zero-order chi connectivity index (χ0) is 19.6. The first-order chi connectivity index (χ1) is 12.8. The fraction of sp³-hybridized carbons (Fsp3) is 0.200. The van der Waals surface area contributed by atoms with Gasteiger partial charge in [0.2, 0.25) is 0 Å². The molecule has 0 aliphatic rings. The van der Waals surface area contributed by atoms with Crippen LogP contribution in [0.5, 0.6) is 11.5 Å². The smallest absolute Gasteiger partial charge is 0.496 e. The lowest BCUT2D eigenvalue weighted by molar-refractivity contribution is -0.274. The number of halogens is 4. The number of alkyl halides is 3. The Hall–Kier alpha value is -2.96. The summed E-state index contributed by atoms with van der Waals surface area (Å²) in [6.45, 7) is 2.18. The van der Waals surface area contributed by atoms with Gasteiger partial charge < -0.3 is 14.0 Å². The second-order valence-corrected chi connectivity index (χ2v) is 6.02. The average Bonchev–Trinajstić information content (AvgIpc) is 2.95. The van der Waals surface area contributed by atoms with Crippen molar-refractivity contribution in [1.29, 1.82) is 0 Å². The van der Waals surface area contributed by atoms with Crippen molar-refractivity contribution in [3.05, 3.63) is 71.7 Å². The minimum absolute atomic E-state index is 0.281. The van der Waals surface area contributed by atoms with Crippen LogP contribution in [0.1, 0.15) is 11.1 Å². The Kier molecular flexibility index (Phi) is 5.12. The van der Waals surface area contributed by atoms with Crippen LogP contribution in [-0.2, 0) is 6.54 Å². The highest BCUT2D eigenvalue weighted by molar-refractivity contribution is 5.71. The van der Waals surface area contributed by atoms with Crippen LogP contribution in [0.2, 0.25) is 0 Å². The Morgan fingerprint density at radius 3 is 2.37 bits per heavy atom. The zero-order valence-electron chi connectivity index (χ0n) is 14.7. The van der Waals surface area contributed by atoms with Crippen molar-refractivity contribution in [2.75, 3.05) is 7.11 Å². The van der Waals surface area contributed by atoms with Gasteiger partial charge in [-0.25, -0.2) is 4.39 Å². The lowest BCUT2D eigenvalue weighted by atomic mass is 10.0. The highest BCUT2D eigenvalue weighted by Crippen LogP contribution is 2.34. The van der Waals surface area contributed by atoms with Gasteiger partial charge in [-0.15, -0.1) is 13.2 Å². The second-order valence-electron chi connectivity index (χ2n) is 6.02. The van der Waals surface area contributed by atoms with Gasteiger partial charge in [-0.05, 0) is 42.3 Å². The Morgan fingerprint density at radius 1 is 1.04 bits per heavy atom. The van der Waals surface area contributed by atoms with E-state index in [0.29, 0.717) is 17.0 Å². The van der Waals surface area contributed by atoms with Gasteiger partial charge in [-0.2, -0.15) is 0 Å². The van der Waals surface area contributed by atoms with Crippen molar-refractivity contribution < 1.29 is 27.0 Å². The molecule has 7 heteroatoms. The van der Waals surface area contributed by atoms with Crippen LogP contribution in [0, 0.1) is 12.7 Å². The molecule has 0 saturated carbocycles. The molecule has 2 aromatic carbocycles. The summed E-state index contributed by atoms with van der Waals surface area (Å²) in [7, 11) is 1.54. The van der Waals surface area contributed by atoms with Crippen molar-refractivity contribution in [1.82, 2.24) is 4.57 Å². The third-order valence-electron chi connectivity index (χ3n) is 4.08. The van der Waals surface area contributed by atoms with Gasteiger partial charge in [-0.1, -0.05) is 24.3 Å². The summed E-state index contributed by atoms with van der Waals surface area (Å²) in [4.78, 5) is 0. The normalized spacial score (nSPS) is 11.5. The number of nitrogens with zero attached hydrogens (tertiary/aromatic N) is 1. The lowest BCUT2D eigenvalue weighted by Gasteiger charge is -2.15. The summed E-state index contributed by atoms with van der Waals surface area (Å²) in [6.07, 6.45) is -3.39. The molecule has 3 rings (SSSR count). The standard InChI is InChI=1S/C20H17F4NO2/c1-13-4-3-5-18(26-2)19(13)17-10-15(21)12-25(17)11-14-6-8-16(9-7-14)27-20(22,23)24/h3-10,12H,11H2,1-2H3. The number of aromatic nitrogens is 1. The lowest BCUT2D eigenvalue weighted by Crippen LogP contribution is -2.17. The molecule has 0 atom stereocenters. The summed E-state index contributed by atoms with van der Waals surface area (Å²) >= 11 is 0. The molecule has 1 heterocycles. The van der Waals surface area contributed by atoms with E-state index in [1.165, 1.54) is 36.5 Å². The number of hydrogen-bond donors (Lipinski definition) is 0. The maximum absolute atomic E-state index is 14.0. The first-order valence-corrected chi connectivity index (χ1v) is 8.11. The van der Waals surface area contributed by atoms with E-state index in [-0.39, 0.29) is 12.3 Å². The zero-order valence-corrected chi connectivity index (χ0v) is 14.7. The second kappa shape index (κ2) is 7.34. The summed E-state index contributed by atoms with van der Waals surface area (Å²) in [6, 6.07) is 12.4. The number of aryl methyl sites for hydroxylation is 1. The highest BCUT2D eigenvalue weighted by Gasteiger charge is 2.30. The van der Waals surface area contributed by atoms with Crippen LogP contribution in [0.15, 0.2) is 54.7 Å². The van der Waals surface area contributed by atoms with Gasteiger partial charge in [0.1, 0.15) is 17.3 Å². The van der Waals surface area contributed by atoms with Crippen LogP contribution in [0.25, 0.3) is 11.3 Å². The van der Waals surface area contributed by atoms with E-state index in [4.69, 9.17) is 4.74 Å². The molecule has 3 aromatic rings. The van der Waals surface area contributed by atoms with Gasteiger partial charge in [-0.3, -0.25) is 0 Å². The van der Waals surface area contributed by atoms with Crippen LogP contribution < -0.4 is 9.47 Å². The van der Waals surface area contributed by atoms with Gasteiger partial charge >= 0.3 is 6.36 Å². The fourth-order valence-electron chi connectivity index (χ4n) is 2.95. The molecular formula is C20H17F4NO2. The average molecular weight is 379 g/mol. The molecule has 0 aliphatic heterocycles. The Balaban J connectivity index is 1.92. The van der Waals surface area contributed by atoms with E-state index in [1.54, 1.807) is 17.7 Å². The number of hydrogen-bond acceptors (Lipinski definition) is 2. The predicted molar refractivity (Wildman–Crippen MR) is 93.3 cm³/mol. The molecule has 142 valence electrons. The summed E-state index contributed by atoms with van der Waals surface area (Å²) < 4.78 is 61.7. The number of methoxy groups -OCH3 is 1. The molecule has 0 bridgehead atoms. The summed E-state index contributed by atoms with van der Waals surface area (Å²) in [5, 5.41) is 0. The SMILES string of the molecule is COc1cccc(C)c1-c1cc(F)cn1Cc1ccc(OC(F)(F)F)cc1. The summed E-state index contributed by atoms with van der Waals surface area (Å²) in [5.74, 6) is -0.0960.